The zero-order valence-electron chi connectivity index (χ0n) is 11.6. The van der Waals surface area contributed by atoms with E-state index in [1.165, 1.54) is 5.56 Å². The zero-order valence-corrected chi connectivity index (χ0v) is 11.6. The van der Waals surface area contributed by atoms with Gasteiger partial charge in [0, 0.05) is 0 Å². The molecule has 0 aliphatic carbocycles. The highest BCUT2D eigenvalue weighted by atomic mass is 16.5. The first kappa shape index (κ1) is 14.6. The van der Waals surface area contributed by atoms with Crippen molar-refractivity contribution in [2.75, 3.05) is 6.61 Å². The van der Waals surface area contributed by atoms with Crippen LogP contribution in [0.3, 0.4) is 0 Å². The molecule has 0 amide bonds. The number of carboxylic acid groups (broad SMARTS) is 1. The minimum absolute atomic E-state index is 0.603. The van der Waals surface area contributed by atoms with E-state index in [2.05, 4.69) is 6.07 Å². The van der Waals surface area contributed by atoms with Crippen molar-refractivity contribution in [1.29, 1.82) is 0 Å². The number of carboxylic acids is 1. The van der Waals surface area contributed by atoms with Crippen LogP contribution in [0.4, 0.5) is 0 Å². The number of carbonyl (C=O) groups is 1. The Morgan fingerprint density at radius 2 is 2.06 bits per heavy atom. The Balaban J connectivity index is 2.83. The van der Waals surface area contributed by atoms with E-state index in [1.54, 1.807) is 13.8 Å². The second kappa shape index (κ2) is 5.89. The Morgan fingerprint density at radius 3 is 2.61 bits per heavy atom. The third-order valence-electron chi connectivity index (χ3n) is 3.11. The lowest BCUT2D eigenvalue weighted by Gasteiger charge is -2.20. The standard InChI is InChI=1S/C15H22O3/c1-5-18-13-7-6-11(2)10-12(13)8-9-15(3,4)14(16)17/h6-7,10H,5,8-9H2,1-4H3,(H,16,17). The fourth-order valence-corrected chi connectivity index (χ4v) is 1.75. The maximum Gasteiger partial charge on any atom is 0.309 e. The van der Waals surface area contributed by atoms with Crippen LogP contribution in [-0.4, -0.2) is 17.7 Å². The number of hydrogen-bond acceptors (Lipinski definition) is 2. The number of aryl methyl sites for hydroxylation is 2. The number of ether oxygens (including phenoxy) is 1. The molecule has 18 heavy (non-hydrogen) atoms. The highest BCUT2D eigenvalue weighted by molar-refractivity contribution is 5.73. The fourth-order valence-electron chi connectivity index (χ4n) is 1.75. The van der Waals surface area contributed by atoms with Gasteiger partial charge in [-0.15, -0.1) is 0 Å². The quantitative estimate of drug-likeness (QED) is 0.841. The van der Waals surface area contributed by atoms with E-state index >= 15 is 0 Å². The Morgan fingerprint density at radius 1 is 1.39 bits per heavy atom. The molecule has 100 valence electrons. The highest BCUT2D eigenvalue weighted by Gasteiger charge is 2.26. The molecule has 0 heterocycles. The molecule has 0 aliphatic heterocycles. The van der Waals surface area contributed by atoms with Gasteiger partial charge in [-0.3, -0.25) is 4.79 Å². The number of benzene rings is 1. The van der Waals surface area contributed by atoms with Crippen LogP contribution in [0.5, 0.6) is 5.75 Å². The maximum atomic E-state index is 11.1. The molecule has 0 aliphatic rings. The first-order valence-electron chi connectivity index (χ1n) is 6.32. The van der Waals surface area contributed by atoms with E-state index in [0.717, 1.165) is 17.7 Å². The Hall–Kier alpha value is -1.51. The molecule has 3 nitrogen and oxygen atoms in total. The molecule has 3 heteroatoms. The van der Waals surface area contributed by atoms with Gasteiger partial charge in [-0.25, -0.2) is 0 Å². The lowest BCUT2D eigenvalue weighted by Crippen LogP contribution is -2.24. The van der Waals surface area contributed by atoms with Crippen LogP contribution in [0.2, 0.25) is 0 Å². The van der Waals surface area contributed by atoms with E-state index in [9.17, 15) is 4.79 Å². The smallest absolute Gasteiger partial charge is 0.309 e. The van der Waals surface area contributed by atoms with Gasteiger partial charge in [-0.05, 0) is 52.2 Å². The molecule has 0 bridgehead atoms. The summed E-state index contributed by atoms with van der Waals surface area (Å²) in [7, 11) is 0. The van der Waals surface area contributed by atoms with Gasteiger partial charge in [0.05, 0.1) is 12.0 Å². The Labute approximate surface area is 109 Å². The van der Waals surface area contributed by atoms with Crippen molar-refractivity contribution in [2.45, 2.75) is 40.5 Å². The van der Waals surface area contributed by atoms with E-state index in [-0.39, 0.29) is 0 Å². The topological polar surface area (TPSA) is 46.5 Å². The Bertz CT molecular complexity index is 422. The fraction of sp³-hybridized carbons (Fsp3) is 0.533. The molecular weight excluding hydrogens is 228 g/mol. The second-order valence-corrected chi connectivity index (χ2v) is 5.23. The van der Waals surface area contributed by atoms with E-state index in [0.29, 0.717) is 13.0 Å². The highest BCUT2D eigenvalue weighted by Crippen LogP contribution is 2.27. The molecule has 0 aromatic heterocycles. The van der Waals surface area contributed by atoms with Crippen molar-refractivity contribution >= 4 is 5.97 Å². The van der Waals surface area contributed by atoms with Gasteiger partial charge in [0.2, 0.25) is 0 Å². The molecular formula is C15H22O3. The summed E-state index contributed by atoms with van der Waals surface area (Å²) in [5.74, 6) is 0.109. The first-order valence-corrected chi connectivity index (χ1v) is 6.32. The van der Waals surface area contributed by atoms with Gasteiger partial charge in [0.25, 0.3) is 0 Å². The van der Waals surface area contributed by atoms with E-state index in [1.807, 2.05) is 26.0 Å². The average molecular weight is 250 g/mol. The summed E-state index contributed by atoms with van der Waals surface area (Å²) in [5, 5.41) is 9.12. The van der Waals surface area contributed by atoms with Gasteiger partial charge < -0.3 is 9.84 Å². The van der Waals surface area contributed by atoms with Crippen molar-refractivity contribution in [3.05, 3.63) is 29.3 Å². The lowest BCUT2D eigenvalue weighted by molar-refractivity contribution is -0.147. The zero-order chi connectivity index (χ0) is 13.8. The van der Waals surface area contributed by atoms with Gasteiger partial charge in [-0.1, -0.05) is 17.7 Å². The van der Waals surface area contributed by atoms with Crippen LogP contribution in [-0.2, 0) is 11.2 Å². The summed E-state index contributed by atoms with van der Waals surface area (Å²) in [6.45, 7) is 8.11. The van der Waals surface area contributed by atoms with Crippen LogP contribution in [0.15, 0.2) is 18.2 Å². The molecule has 0 atom stereocenters. The van der Waals surface area contributed by atoms with Crippen molar-refractivity contribution < 1.29 is 14.6 Å². The number of hydrogen-bond donors (Lipinski definition) is 1. The maximum absolute atomic E-state index is 11.1. The summed E-state index contributed by atoms with van der Waals surface area (Å²) < 4.78 is 5.57. The van der Waals surface area contributed by atoms with Crippen molar-refractivity contribution in [1.82, 2.24) is 0 Å². The summed E-state index contributed by atoms with van der Waals surface area (Å²) >= 11 is 0. The Kier molecular flexibility index (Phi) is 4.76. The average Bonchev–Trinajstić information content (AvgIpc) is 2.29. The first-order chi connectivity index (χ1) is 8.36. The van der Waals surface area contributed by atoms with Crippen molar-refractivity contribution in [3.63, 3.8) is 0 Å². The molecule has 1 rings (SSSR count). The number of aliphatic carboxylic acids is 1. The molecule has 1 aromatic rings. The van der Waals surface area contributed by atoms with Crippen molar-refractivity contribution in [3.8, 4) is 5.75 Å². The molecule has 0 unspecified atom stereocenters. The molecule has 0 fully saturated rings. The van der Waals surface area contributed by atoms with Crippen molar-refractivity contribution in [2.24, 2.45) is 5.41 Å². The predicted molar refractivity (Wildman–Crippen MR) is 72.1 cm³/mol. The third-order valence-corrected chi connectivity index (χ3v) is 3.11. The van der Waals surface area contributed by atoms with Crippen LogP contribution in [0.25, 0.3) is 0 Å². The molecule has 0 spiro atoms. The second-order valence-electron chi connectivity index (χ2n) is 5.23. The normalized spacial score (nSPS) is 11.3. The van der Waals surface area contributed by atoms with Crippen LogP contribution in [0, 0.1) is 12.3 Å². The van der Waals surface area contributed by atoms with Gasteiger partial charge in [-0.2, -0.15) is 0 Å². The minimum atomic E-state index is -0.756. The minimum Gasteiger partial charge on any atom is -0.494 e. The summed E-state index contributed by atoms with van der Waals surface area (Å²) in [5.41, 5.74) is 1.56. The SMILES string of the molecule is CCOc1ccc(C)cc1CCC(C)(C)C(=O)O. The van der Waals surface area contributed by atoms with Crippen LogP contribution in [0.1, 0.15) is 38.3 Å². The largest absolute Gasteiger partial charge is 0.494 e. The molecule has 0 saturated carbocycles. The molecule has 0 saturated heterocycles. The van der Waals surface area contributed by atoms with Gasteiger partial charge in [0.15, 0.2) is 0 Å². The number of rotatable bonds is 6. The summed E-state index contributed by atoms with van der Waals surface area (Å²) in [6.07, 6.45) is 1.32. The monoisotopic (exact) mass is 250 g/mol. The summed E-state index contributed by atoms with van der Waals surface area (Å²) in [4.78, 5) is 11.1. The van der Waals surface area contributed by atoms with Crippen LogP contribution >= 0.6 is 0 Å². The predicted octanol–water partition coefficient (Wildman–Crippen LogP) is 3.44. The molecule has 1 N–H and O–H groups in total. The molecule has 1 aromatic carbocycles. The lowest BCUT2D eigenvalue weighted by atomic mass is 9.86. The molecule has 0 radical (unpaired) electrons. The van der Waals surface area contributed by atoms with Crippen LogP contribution < -0.4 is 4.74 Å². The van der Waals surface area contributed by atoms with Gasteiger partial charge >= 0.3 is 5.97 Å². The third kappa shape index (κ3) is 3.76. The summed E-state index contributed by atoms with van der Waals surface area (Å²) in [6, 6.07) is 6.04. The van der Waals surface area contributed by atoms with E-state index < -0.39 is 11.4 Å². The van der Waals surface area contributed by atoms with E-state index in [4.69, 9.17) is 9.84 Å². The van der Waals surface area contributed by atoms with Gasteiger partial charge in [0.1, 0.15) is 5.75 Å².